The topological polar surface area (TPSA) is 92.4 Å². The fraction of sp³-hybridized carbons (Fsp3) is 0.357. The van der Waals surface area contributed by atoms with Gasteiger partial charge in [0.1, 0.15) is 5.69 Å². The molecular weight excluding hydrogens is 292 g/mol. The number of carbonyl (C=O) groups is 2. The number of nitrogens with zero attached hydrogens (tertiary/aromatic N) is 1. The summed E-state index contributed by atoms with van der Waals surface area (Å²) < 4.78 is 5.24. The third kappa shape index (κ3) is 2.82. The van der Waals surface area contributed by atoms with Crippen LogP contribution in [0.2, 0.25) is 0 Å². The first kappa shape index (κ1) is 13.8. The summed E-state index contributed by atoms with van der Waals surface area (Å²) in [6, 6.07) is 3.53. The van der Waals surface area contributed by atoms with Crippen molar-refractivity contribution < 1.29 is 19.1 Å². The molecule has 6 nitrogen and oxygen atoms in total. The van der Waals surface area contributed by atoms with Crippen LogP contribution in [0, 0.1) is 0 Å². The predicted octanol–water partition coefficient (Wildman–Crippen LogP) is 2.53. The van der Waals surface area contributed by atoms with Crippen molar-refractivity contribution in [1.82, 2.24) is 10.3 Å². The molecule has 3 rings (SSSR count). The molecule has 0 aliphatic heterocycles. The summed E-state index contributed by atoms with van der Waals surface area (Å²) in [5.74, 6) is -0.613. The van der Waals surface area contributed by atoms with Crippen molar-refractivity contribution in [2.75, 3.05) is 0 Å². The fourth-order valence-corrected chi connectivity index (χ4v) is 3.20. The summed E-state index contributed by atoms with van der Waals surface area (Å²) in [7, 11) is 0. The molecule has 0 unspecified atom stereocenters. The van der Waals surface area contributed by atoms with Crippen molar-refractivity contribution in [2.45, 2.75) is 31.2 Å². The second kappa shape index (κ2) is 5.33. The lowest BCUT2D eigenvalue weighted by Gasteiger charge is -2.41. The number of carboxylic acids is 1. The van der Waals surface area contributed by atoms with E-state index >= 15 is 0 Å². The van der Waals surface area contributed by atoms with Crippen molar-refractivity contribution in [2.24, 2.45) is 0 Å². The second-order valence-electron chi connectivity index (χ2n) is 5.17. The number of amides is 1. The van der Waals surface area contributed by atoms with Gasteiger partial charge in [-0.1, -0.05) is 0 Å². The summed E-state index contributed by atoms with van der Waals surface area (Å²) >= 11 is 1.32. The molecule has 0 saturated heterocycles. The van der Waals surface area contributed by atoms with Gasteiger partial charge in [-0.3, -0.25) is 9.59 Å². The number of carboxylic acid groups (broad SMARTS) is 1. The number of aliphatic carboxylic acids is 1. The number of nitrogens with one attached hydrogen (secondary N) is 1. The zero-order valence-electron chi connectivity index (χ0n) is 11.2. The van der Waals surface area contributed by atoms with E-state index in [4.69, 9.17) is 9.52 Å². The third-order valence-corrected chi connectivity index (χ3v) is 4.50. The van der Waals surface area contributed by atoms with E-state index in [0.29, 0.717) is 29.3 Å². The van der Waals surface area contributed by atoms with Crippen LogP contribution in [0.1, 0.15) is 36.2 Å². The Morgan fingerprint density at radius 2 is 2.29 bits per heavy atom. The second-order valence-corrected chi connectivity index (χ2v) is 6.03. The molecule has 21 heavy (non-hydrogen) atoms. The van der Waals surface area contributed by atoms with Gasteiger partial charge in [0.25, 0.3) is 5.91 Å². The third-order valence-electron chi connectivity index (χ3n) is 3.65. The van der Waals surface area contributed by atoms with E-state index in [1.165, 1.54) is 11.3 Å². The van der Waals surface area contributed by atoms with Crippen molar-refractivity contribution in [3.8, 4) is 10.8 Å². The van der Waals surface area contributed by atoms with Gasteiger partial charge in [0.05, 0.1) is 18.2 Å². The van der Waals surface area contributed by atoms with Gasteiger partial charge in [0.15, 0.2) is 10.8 Å². The number of hydrogen-bond donors (Lipinski definition) is 2. The van der Waals surface area contributed by atoms with E-state index < -0.39 is 11.5 Å². The number of aromatic nitrogens is 1. The zero-order valence-corrected chi connectivity index (χ0v) is 12.0. The highest BCUT2D eigenvalue weighted by Gasteiger charge is 2.40. The van der Waals surface area contributed by atoms with E-state index in [9.17, 15) is 9.59 Å². The predicted molar refractivity (Wildman–Crippen MR) is 76.1 cm³/mol. The van der Waals surface area contributed by atoms with E-state index in [2.05, 4.69) is 10.3 Å². The number of hydrogen-bond acceptors (Lipinski definition) is 5. The maximum atomic E-state index is 12.2. The SMILES string of the molecule is O=C(O)CC1(NC(=O)c2csc(-c3ccco3)n2)CCC1. The molecule has 0 bridgehead atoms. The summed E-state index contributed by atoms with van der Waals surface area (Å²) in [6.45, 7) is 0. The molecular formula is C14H14N2O4S. The van der Waals surface area contributed by atoms with Gasteiger partial charge in [0, 0.05) is 5.38 Å². The Balaban J connectivity index is 1.72. The standard InChI is InChI=1S/C14H14N2O4S/c17-11(18)7-14(4-2-5-14)16-12(19)9-8-21-13(15-9)10-3-1-6-20-10/h1,3,6,8H,2,4-5,7H2,(H,16,19)(H,17,18). The van der Waals surface area contributed by atoms with Crippen LogP contribution < -0.4 is 5.32 Å². The van der Waals surface area contributed by atoms with Gasteiger partial charge < -0.3 is 14.8 Å². The Morgan fingerprint density at radius 1 is 1.48 bits per heavy atom. The highest BCUT2D eigenvalue weighted by molar-refractivity contribution is 7.13. The minimum Gasteiger partial charge on any atom is -0.481 e. The Labute approximate surface area is 124 Å². The Bertz CT molecular complexity index is 658. The highest BCUT2D eigenvalue weighted by atomic mass is 32.1. The van der Waals surface area contributed by atoms with Gasteiger partial charge >= 0.3 is 5.97 Å². The molecule has 0 atom stereocenters. The highest BCUT2D eigenvalue weighted by Crippen LogP contribution is 2.35. The van der Waals surface area contributed by atoms with Crippen molar-refractivity contribution in [1.29, 1.82) is 0 Å². The van der Waals surface area contributed by atoms with Crippen LogP contribution in [-0.4, -0.2) is 27.5 Å². The normalized spacial score (nSPS) is 16.2. The molecule has 2 aromatic rings. The van der Waals surface area contributed by atoms with Gasteiger partial charge in [-0.05, 0) is 31.4 Å². The van der Waals surface area contributed by atoms with Crippen LogP contribution in [0.25, 0.3) is 10.8 Å². The Hall–Kier alpha value is -2.15. The number of thiazole rings is 1. The lowest BCUT2D eigenvalue weighted by Crippen LogP contribution is -2.54. The van der Waals surface area contributed by atoms with Crippen LogP contribution in [0.15, 0.2) is 28.2 Å². The molecule has 0 spiro atoms. The van der Waals surface area contributed by atoms with Crippen LogP contribution in [0.5, 0.6) is 0 Å². The van der Waals surface area contributed by atoms with E-state index in [0.717, 1.165) is 6.42 Å². The molecule has 1 fully saturated rings. The summed E-state index contributed by atoms with van der Waals surface area (Å²) in [4.78, 5) is 27.4. The van der Waals surface area contributed by atoms with Crippen LogP contribution >= 0.6 is 11.3 Å². The largest absolute Gasteiger partial charge is 0.481 e. The average Bonchev–Trinajstić information content (AvgIpc) is 3.05. The van der Waals surface area contributed by atoms with Crippen LogP contribution in [0.4, 0.5) is 0 Å². The molecule has 2 aromatic heterocycles. The Morgan fingerprint density at radius 3 is 2.86 bits per heavy atom. The van der Waals surface area contributed by atoms with Gasteiger partial charge in [-0.25, -0.2) is 4.98 Å². The number of carbonyl (C=O) groups excluding carboxylic acids is 1. The average molecular weight is 306 g/mol. The molecule has 110 valence electrons. The molecule has 7 heteroatoms. The number of rotatable bonds is 5. The molecule has 0 radical (unpaired) electrons. The van der Waals surface area contributed by atoms with Crippen LogP contribution in [0.3, 0.4) is 0 Å². The van der Waals surface area contributed by atoms with Crippen molar-refractivity contribution >= 4 is 23.2 Å². The van der Waals surface area contributed by atoms with Crippen LogP contribution in [-0.2, 0) is 4.79 Å². The lowest BCUT2D eigenvalue weighted by molar-refractivity contribution is -0.139. The summed E-state index contributed by atoms with van der Waals surface area (Å²) in [6.07, 6.45) is 3.82. The maximum absolute atomic E-state index is 12.2. The van der Waals surface area contributed by atoms with Gasteiger partial charge in [-0.15, -0.1) is 11.3 Å². The van der Waals surface area contributed by atoms with Gasteiger partial charge in [-0.2, -0.15) is 0 Å². The van der Waals surface area contributed by atoms with E-state index in [-0.39, 0.29) is 12.3 Å². The van der Waals surface area contributed by atoms with Gasteiger partial charge in [0.2, 0.25) is 0 Å². The lowest BCUT2D eigenvalue weighted by atomic mass is 9.74. The fourth-order valence-electron chi connectivity index (χ4n) is 2.44. The quantitative estimate of drug-likeness (QED) is 0.885. The van der Waals surface area contributed by atoms with Crippen molar-refractivity contribution in [3.05, 3.63) is 29.5 Å². The zero-order chi connectivity index (χ0) is 14.9. The monoisotopic (exact) mass is 306 g/mol. The molecule has 1 saturated carbocycles. The first-order valence-electron chi connectivity index (χ1n) is 6.62. The number of furan rings is 1. The molecule has 0 aromatic carbocycles. The molecule has 2 N–H and O–H groups in total. The molecule has 1 amide bonds. The maximum Gasteiger partial charge on any atom is 0.305 e. The molecule has 1 aliphatic carbocycles. The summed E-state index contributed by atoms with van der Waals surface area (Å²) in [5.41, 5.74) is -0.319. The summed E-state index contributed by atoms with van der Waals surface area (Å²) in [5, 5.41) is 14.1. The minimum absolute atomic E-state index is 0.0477. The van der Waals surface area contributed by atoms with E-state index in [1.807, 2.05) is 0 Å². The van der Waals surface area contributed by atoms with Crippen molar-refractivity contribution in [3.63, 3.8) is 0 Å². The molecule has 1 aliphatic rings. The molecule has 2 heterocycles. The first-order valence-corrected chi connectivity index (χ1v) is 7.50. The van der Waals surface area contributed by atoms with E-state index in [1.54, 1.807) is 23.8 Å². The smallest absolute Gasteiger partial charge is 0.305 e. The first-order chi connectivity index (χ1) is 10.1. The minimum atomic E-state index is -0.899. The Kier molecular flexibility index (Phi) is 3.50.